The third-order valence-electron chi connectivity index (χ3n) is 16.1. The summed E-state index contributed by atoms with van der Waals surface area (Å²) in [6.45, 7) is 2.07. The Labute approximate surface area is 498 Å². The van der Waals surface area contributed by atoms with E-state index in [1.165, 1.54) is 103 Å². The first kappa shape index (κ1) is 75.5. The van der Waals surface area contributed by atoms with Gasteiger partial charge in [0.25, 0.3) is 5.79 Å². The molecule has 2 amide bonds. The molecule has 3 saturated heterocycles. The molecule has 0 aliphatic carbocycles. The van der Waals surface area contributed by atoms with Crippen molar-refractivity contribution in [1.82, 2.24) is 10.6 Å². The van der Waals surface area contributed by atoms with Crippen LogP contribution in [0.1, 0.15) is 207 Å². The number of aliphatic hydroxyl groups is 11. The molecule has 18 unspecified atom stereocenters. The van der Waals surface area contributed by atoms with Crippen molar-refractivity contribution in [3.63, 3.8) is 0 Å². The number of hydrogen-bond acceptors (Lipinski definition) is 20. The molecule has 3 heterocycles. The van der Waals surface area contributed by atoms with Gasteiger partial charge in [0, 0.05) is 19.8 Å². The Bertz CT molecular complexity index is 1820. The van der Waals surface area contributed by atoms with Gasteiger partial charge in [0.2, 0.25) is 11.8 Å². The summed E-state index contributed by atoms with van der Waals surface area (Å²) < 4.78 is 34.7. The summed E-state index contributed by atoms with van der Waals surface area (Å²) >= 11 is 0. The maximum absolute atomic E-state index is 13.4. The van der Waals surface area contributed by atoms with Crippen molar-refractivity contribution in [2.75, 3.05) is 26.4 Å². The van der Waals surface area contributed by atoms with E-state index in [2.05, 4.69) is 36.6 Å². The molecule has 14 N–H and O–H groups in total. The van der Waals surface area contributed by atoms with Gasteiger partial charge in [-0.15, -0.1) is 0 Å². The van der Waals surface area contributed by atoms with Gasteiger partial charge >= 0.3 is 5.97 Å². The first-order chi connectivity index (χ1) is 40.4. The summed E-state index contributed by atoms with van der Waals surface area (Å²) in [6, 6.07) is -2.62. The van der Waals surface area contributed by atoms with Crippen molar-refractivity contribution in [3.05, 3.63) is 24.3 Å². The van der Waals surface area contributed by atoms with E-state index in [0.29, 0.717) is 12.8 Å². The summed E-state index contributed by atoms with van der Waals surface area (Å²) in [5.41, 5.74) is 0. The maximum Gasteiger partial charge on any atom is 0.364 e. The minimum atomic E-state index is -3.08. The quantitative estimate of drug-likeness (QED) is 0.0305. The first-order valence-corrected chi connectivity index (χ1v) is 31.7. The Morgan fingerprint density at radius 2 is 1.12 bits per heavy atom. The van der Waals surface area contributed by atoms with Crippen LogP contribution in [0, 0.1) is 0 Å². The highest BCUT2D eigenvalue weighted by Gasteiger charge is 2.60. The highest BCUT2D eigenvalue weighted by molar-refractivity contribution is 5.77. The number of unbranched alkanes of at least 4 members (excludes halogenated alkanes) is 24. The zero-order chi connectivity index (χ0) is 61.9. The Kier molecular flexibility index (Phi) is 38.6. The van der Waals surface area contributed by atoms with E-state index in [1.54, 1.807) is 6.08 Å². The molecule has 0 spiro atoms. The van der Waals surface area contributed by atoms with Gasteiger partial charge in [0.15, 0.2) is 12.6 Å². The maximum atomic E-state index is 13.4. The van der Waals surface area contributed by atoms with Crippen molar-refractivity contribution in [1.29, 1.82) is 0 Å². The van der Waals surface area contributed by atoms with Crippen LogP contribution >= 0.6 is 0 Å². The van der Waals surface area contributed by atoms with E-state index >= 15 is 0 Å². The number of carbonyl (C=O) groups excluding carboxylic acids is 2. The lowest BCUT2D eigenvalue weighted by Crippen LogP contribution is -2.70. The van der Waals surface area contributed by atoms with Gasteiger partial charge in [-0.05, 0) is 44.9 Å². The molecular formula is C61H110N2O21. The van der Waals surface area contributed by atoms with Gasteiger partial charge in [-0.1, -0.05) is 167 Å². The number of ether oxygens (including phenoxy) is 6. The van der Waals surface area contributed by atoms with Gasteiger partial charge in [-0.25, -0.2) is 4.79 Å². The van der Waals surface area contributed by atoms with E-state index in [1.807, 2.05) is 6.08 Å². The topological polar surface area (TPSA) is 373 Å². The molecule has 0 saturated carbocycles. The summed E-state index contributed by atoms with van der Waals surface area (Å²) in [5, 5.41) is 135. The molecule has 490 valence electrons. The minimum absolute atomic E-state index is 0.190. The molecule has 0 bridgehead atoms. The predicted octanol–water partition coefficient (Wildman–Crippen LogP) is 3.72. The first-order valence-electron chi connectivity index (χ1n) is 31.7. The zero-order valence-electron chi connectivity index (χ0n) is 50.5. The molecular weight excluding hydrogens is 1100 g/mol. The highest BCUT2D eigenvalue weighted by atomic mass is 16.8. The summed E-state index contributed by atoms with van der Waals surface area (Å²) in [5.74, 6) is -6.16. The Morgan fingerprint density at radius 1 is 0.619 bits per heavy atom. The van der Waals surface area contributed by atoms with E-state index in [-0.39, 0.29) is 12.3 Å². The molecule has 23 nitrogen and oxygen atoms in total. The van der Waals surface area contributed by atoms with E-state index in [9.17, 15) is 75.7 Å². The summed E-state index contributed by atoms with van der Waals surface area (Å²) in [7, 11) is 0. The molecule has 3 rings (SSSR count). The largest absolute Gasteiger partial charge is 0.477 e. The number of amides is 2. The zero-order valence-corrected chi connectivity index (χ0v) is 50.5. The SMILES string of the molecule is CCCCC/C=C\CCCCCCCC(=O)NC(COC1OC(CO)C(OC2OC(CO)C(O)C(OC3(C(=O)O)CC(O)C(NC(C)=O)C(C(O)C(O)CO)O3)C2O)C(O)C1O)C(O)/C=C/CCCCCCCCCCCCCCCCCC. The fraction of sp³-hybridized carbons (Fsp3) is 0.885. The third kappa shape index (κ3) is 26.5. The number of rotatable bonds is 46. The summed E-state index contributed by atoms with van der Waals surface area (Å²) in [6.07, 6.45) is 9.56. The average molecular weight is 1210 g/mol. The van der Waals surface area contributed by atoms with E-state index in [0.717, 1.165) is 64.7 Å². The molecule has 0 aromatic rings. The Morgan fingerprint density at radius 3 is 1.64 bits per heavy atom. The number of allylic oxidation sites excluding steroid dienone is 3. The van der Waals surface area contributed by atoms with Gasteiger partial charge in [-0.2, -0.15) is 0 Å². The lowest BCUT2D eigenvalue weighted by Gasteiger charge is -2.50. The van der Waals surface area contributed by atoms with Crippen LogP contribution in [0.3, 0.4) is 0 Å². The lowest BCUT2D eigenvalue weighted by molar-refractivity contribution is -0.386. The number of aliphatic carboxylic acids is 1. The normalized spacial score (nSPS) is 29.9. The molecule has 0 radical (unpaired) electrons. The van der Waals surface area contributed by atoms with Crippen molar-refractivity contribution >= 4 is 17.8 Å². The standard InChI is InChI=1S/C61H110N2O21/c1-4-6-8-10-12-14-16-18-19-20-21-22-23-24-26-28-30-32-34-43(68)42(63-48(71)35-33-31-29-27-25-17-15-13-11-9-7-5-2)40-79-58-53(75)52(74)55(47(39-66)81-58)82-59-54(76)57(51(73)46(38-65)80-59)84-61(60(77)78)36-44(69)49(62-41(3)67)56(83-61)50(72)45(70)37-64/h13,15,32,34,42-47,49-59,64-66,68-70,72-76H,4-12,14,16-31,33,35-40H2,1-3H3,(H,62,67)(H,63,71)(H,77,78)/b15-13-,34-32+. The fourth-order valence-corrected chi connectivity index (χ4v) is 11.0. The van der Waals surface area contributed by atoms with Crippen LogP contribution in [0.4, 0.5) is 0 Å². The lowest BCUT2D eigenvalue weighted by atomic mass is 9.88. The second-order valence-electron chi connectivity index (χ2n) is 23.3. The van der Waals surface area contributed by atoms with Gasteiger partial charge in [0.1, 0.15) is 67.1 Å². The third-order valence-corrected chi connectivity index (χ3v) is 16.1. The number of carbonyl (C=O) groups is 3. The molecule has 3 fully saturated rings. The monoisotopic (exact) mass is 1210 g/mol. The Hall–Kier alpha value is -2.79. The van der Waals surface area contributed by atoms with Crippen LogP contribution in [0.25, 0.3) is 0 Å². The highest BCUT2D eigenvalue weighted by Crippen LogP contribution is 2.38. The second-order valence-corrected chi connectivity index (χ2v) is 23.3. The van der Waals surface area contributed by atoms with Crippen molar-refractivity contribution < 1.29 is 104 Å². The predicted molar refractivity (Wildman–Crippen MR) is 311 cm³/mol. The molecule has 3 aliphatic heterocycles. The molecule has 3 aliphatic rings. The van der Waals surface area contributed by atoms with Crippen molar-refractivity contribution in [3.8, 4) is 0 Å². The second kappa shape index (κ2) is 43.0. The van der Waals surface area contributed by atoms with E-state index < -0.39 is 155 Å². The fourth-order valence-electron chi connectivity index (χ4n) is 11.0. The molecule has 0 aromatic carbocycles. The van der Waals surface area contributed by atoms with Crippen LogP contribution in [0.5, 0.6) is 0 Å². The van der Waals surface area contributed by atoms with Crippen LogP contribution in [-0.2, 0) is 42.8 Å². The van der Waals surface area contributed by atoms with E-state index in [4.69, 9.17) is 28.4 Å². The van der Waals surface area contributed by atoms with Crippen LogP contribution in [0.2, 0.25) is 0 Å². The molecule has 0 aromatic heterocycles. The number of carboxylic acids is 1. The van der Waals surface area contributed by atoms with Gasteiger partial charge in [0.05, 0.1) is 50.7 Å². The van der Waals surface area contributed by atoms with Gasteiger partial charge < -0.3 is 100 Å². The average Bonchev–Trinajstić information content (AvgIpc) is 1.21. The van der Waals surface area contributed by atoms with Crippen LogP contribution < -0.4 is 10.6 Å². The van der Waals surface area contributed by atoms with Crippen LogP contribution in [0.15, 0.2) is 24.3 Å². The number of carboxylic acid groups (broad SMARTS) is 1. The van der Waals surface area contributed by atoms with Crippen molar-refractivity contribution in [2.45, 2.75) is 317 Å². The minimum Gasteiger partial charge on any atom is -0.477 e. The smallest absolute Gasteiger partial charge is 0.364 e. The number of hydrogen-bond donors (Lipinski definition) is 14. The molecule has 18 atom stereocenters. The molecule has 84 heavy (non-hydrogen) atoms. The molecule has 23 heteroatoms. The summed E-state index contributed by atoms with van der Waals surface area (Å²) in [4.78, 5) is 38.4. The van der Waals surface area contributed by atoms with Gasteiger partial charge in [-0.3, -0.25) is 9.59 Å². The Balaban J connectivity index is 1.65. The van der Waals surface area contributed by atoms with Crippen molar-refractivity contribution in [2.24, 2.45) is 0 Å². The number of nitrogens with one attached hydrogen (secondary N) is 2. The number of aliphatic hydroxyl groups excluding tert-OH is 11. The van der Waals surface area contributed by atoms with Crippen LogP contribution in [-0.4, -0.2) is 215 Å².